The second-order valence-corrected chi connectivity index (χ2v) is 9.18. The zero-order valence-corrected chi connectivity index (χ0v) is 15.5. The van der Waals surface area contributed by atoms with Crippen molar-refractivity contribution in [3.8, 4) is 0 Å². The van der Waals surface area contributed by atoms with E-state index in [-0.39, 0.29) is 4.87 Å². The Bertz CT molecular complexity index is 562. The molecule has 1 nitrogen and oxygen atoms in total. The van der Waals surface area contributed by atoms with Crippen LogP contribution in [0.3, 0.4) is 0 Å². The van der Waals surface area contributed by atoms with Crippen LogP contribution in [-0.2, 0) is 6.54 Å². The Balaban J connectivity index is 2.38. The van der Waals surface area contributed by atoms with Gasteiger partial charge in [0.25, 0.3) is 0 Å². The summed E-state index contributed by atoms with van der Waals surface area (Å²) in [6, 6.07) is 10.7. The van der Waals surface area contributed by atoms with Crippen LogP contribution in [0.2, 0.25) is 0 Å². The maximum Gasteiger partial charge on any atom is 0.0864 e. The van der Waals surface area contributed by atoms with Crippen molar-refractivity contribution in [3.63, 3.8) is 0 Å². The lowest BCUT2D eigenvalue weighted by atomic mass is 10.2. The van der Waals surface area contributed by atoms with Gasteiger partial charge >= 0.3 is 0 Å². The van der Waals surface area contributed by atoms with E-state index in [1.54, 1.807) is 0 Å². The van der Waals surface area contributed by atoms with Crippen LogP contribution in [0.1, 0.15) is 47.1 Å². The minimum absolute atomic E-state index is 0.0697. The Morgan fingerprint density at radius 1 is 1.00 bits per heavy atom. The van der Waals surface area contributed by atoms with Gasteiger partial charge in [0.2, 0.25) is 0 Å². The summed E-state index contributed by atoms with van der Waals surface area (Å²) in [5.74, 6) is 0. The predicted octanol–water partition coefficient (Wildman–Crippen LogP) is 6.21. The first-order valence-electron chi connectivity index (χ1n) is 7.34. The Morgan fingerprint density at radius 3 is 2.14 bits per heavy atom. The number of benzene rings is 1. The van der Waals surface area contributed by atoms with Crippen molar-refractivity contribution in [3.05, 3.63) is 56.3 Å². The third kappa shape index (κ3) is 3.89. The van der Waals surface area contributed by atoms with E-state index >= 15 is 0 Å². The Morgan fingerprint density at radius 2 is 1.62 bits per heavy atom. The quantitative estimate of drug-likeness (QED) is 0.638. The lowest BCUT2D eigenvalue weighted by Crippen LogP contribution is -2.41. The Labute approximate surface area is 137 Å². The van der Waals surface area contributed by atoms with Crippen LogP contribution in [0, 0.1) is 0 Å². The predicted molar refractivity (Wildman–Crippen MR) is 98.0 cm³/mol. The maximum atomic E-state index is 2.54. The molecule has 0 aliphatic carbocycles. The van der Waals surface area contributed by atoms with E-state index in [1.807, 2.05) is 23.5 Å². The summed E-state index contributed by atoms with van der Waals surface area (Å²) in [4.78, 5) is 2.61. The zero-order chi connectivity index (χ0) is 15.6. The monoisotopic (exact) mass is 319 g/mol. The molecule has 21 heavy (non-hydrogen) atoms. The van der Waals surface area contributed by atoms with Crippen LogP contribution in [0.4, 0.5) is 0 Å². The molecule has 1 heterocycles. The van der Waals surface area contributed by atoms with E-state index in [9.17, 15) is 0 Å². The molecule has 0 aromatic heterocycles. The van der Waals surface area contributed by atoms with Crippen LogP contribution >= 0.6 is 23.5 Å². The summed E-state index contributed by atoms with van der Waals surface area (Å²) in [7, 11) is 0. The van der Waals surface area contributed by atoms with Crippen LogP contribution in [0.15, 0.2) is 50.7 Å². The average Bonchev–Trinajstić information content (AvgIpc) is 2.41. The van der Waals surface area contributed by atoms with Crippen molar-refractivity contribution < 1.29 is 0 Å². The van der Waals surface area contributed by atoms with Crippen molar-refractivity contribution in [1.82, 2.24) is 4.90 Å². The van der Waals surface area contributed by atoms with E-state index < -0.39 is 0 Å². The molecule has 0 saturated carbocycles. The van der Waals surface area contributed by atoms with Gasteiger partial charge in [-0.05, 0) is 52.7 Å². The van der Waals surface area contributed by atoms with E-state index in [0.717, 1.165) is 6.54 Å². The maximum absolute atomic E-state index is 2.54. The van der Waals surface area contributed by atoms with Gasteiger partial charge < -0.3 is 4.90 Å². The second-order valence-electron chi connectivity index (χ2n) is 6.32. The summed E-state index contributed by atoms with van der Waals surface area (Å²) in [5, 5.41) is 1.40. The topological polar surface area (TPSA) is 3.24 Å². The highest BCUT2D eigenvalue weighted by Crippen LogP contribution is 2.54. The third-order valence-corrected chi connectivity index (χ3v) is 6.68. The number of hydrogen-bond acceptors (Lipinski definition) is 3. The van der Waals surface area contributed by atoms with Crippen LogP contribution < -0.4 is 0 Å². The normalized spacial score (nSPS) is 17.9. The molecule has 1 aliphatic heterocycles. The number of hydrogen-bond donors (Lipinski definition) is 0. The first-order valence-corrected chi connectivity index (χ1v) is 8.98. The SMILES string of the molecule is CC(C)=C1SC(=C(C)C)N(Cc2ccccc2)C(C)(C)S1. The highest BCUT2D eigenvalue weighted by Gasteiger charge is 2.36. The molecule has 1 aliphatic rings. The third-order valence-electron chi connectivity index (χ3n) is 3.45. The number of nitrogens with zero attached hydrogens (tertiary/aromatic N) is 1. The average molecular weight is 320 g/mol. The Kier molecular flexibility index (Phi) is 5.15. The molecule has 3 heteroatoms. The summed E-state index contributed by atoms with van der Waals surface area (Å²) < 4.78 is 1.44. The summed E-state index contributed by atoms with van der Waals surface area (Å²) >= 11 is 3.91. The summed E-state index contributed by atoms with van der Waals surface area (Å²) in [6.45, 7) is 14.5. The highest BCUT2D eigenvalue weighted by atomic mass is 32.2. The van der Waals surface area contributed by atoms with Gasteiger partial charge in [-0.15, -0.1) is 0 Å². The molecule has 0 unspecified atom stereocenters. The van der Waals surface area contributed by atoms with Crippen molar-refractivity contribution in [1.29, 1.82) is 0 Å². The molecule has 0 radical (unpaired) electrons. The van der Waals surface area contributed by atoms with Crippen LogP contribution in [0.5, 0.6) is 0 Å². The molecule has 1 aromatic rings. The zero-order valence-electron chi connectivity index (χ0n) is 13.9. The fourth-order valence-corrected chi connectivity index (χ4v) is 5.28. The van der Waals surface area contributed by atoms with Gasteiger partial charge in [0.1, 0.15) is 0 Å². The molecular formula is C18H25NS2. The van der Waals surface area contributed by atoms with Crippen molar-refractivity contribution in [2.45, 2.75) is 53.0 Å². The molecule has 0 N–H and O–H groups in total. The van der Waals surface area contributed by atoms with Crippen LogP contribution in [0.25, 0.3) is 0 Å². The second kappa shape index (κ2) is 6.53. The minimum Gasteiger partial charge on any atom is -0.347 e. The van der Waals surface area contributed by atoms with Gasteiger partial charge in [0, 0.05) is 10.8 Å². The smallest absolute Gasteiger partial charge is 0.0864 e. The molecule has 1 saturated heterocycles. The first-order chi connectivity index (χ1) is 9.81. The molecule has 1 fully saturated rings. The molecule has 0 spiro atoms. The fraction of sp³-hybridized carbons (Fsp3) is 0.444. The summed E-state index contributed by atoms with van der Waals surface area (Å²) in [5.41, 5.74) is 4.17. The molecule has 2 rings (SSSR count). The number of rotatable bonds is 2. The first kappa shape index (κ1) is 16.6. The van der Waals surface area contributed by atoms with E-state index in [4.69, 9.17) is 0 Å². The van der Waals surface area contributed by atoms with Crippen molar-refractivity contribution >= 4 is 23.5 Å². The van der Waals surface area contributed by atoms with E-state index in [2.05, 4.69) is 76.8 Å². The number of allylic oxidation sites excluding steroid dienone is 2. The highest BCUT2D eigenvalue weighted by molar-refractivity contribution is 8.25. The van der Waals surface area contributed by atoms with Gasteiger partial charge in [-0.1, -0.05) is 59.4 Å². The van der Waals surface area contributed by atoms with Gasteiger partial charge in [-0.2, -0.15) is 0 Å². The standard InChI is InChI=1S/C18H25NS2/c1-13(2)16-19(12-15-10-8-7-9-11-15)18(5,6)21-17(20-16)14(3)4/h7-11H,12H2,1-6H3. The van der Waals surface area contributed by atoms with Gasteiger partial charge in [0.05, 0.1) is 9.90 Å². The van der Waals surface area contributed by atoms with Gasteiger partial charge in [-0.3, -0.25) is 0 Å². The van der Waals surface area contributed by atoms with Gasteiger partial charge in [0.15, 0.2) is 0 Å². The Hall–Kier alpha value is -0.800. The molecule has 0 atom stereocenters. The number of thioether (sulfide) groups is 2. The summed E-state index contributed by atoms with van der Waals surface area (Å²) in [6.07, 6.45) is 0. The minimum atomic E-state index is 0.0697. The largest absolute Gasteiger partial charge is 0.347 e. The molecular weight excluding hydrogens is 294 g/mol. The molecule has 1 aromatic carbocycles. The van der Waals surface area contributed by atoms with Crippen LogP contribution in [-0.4, -0.2) is 9.77 Å². The molecule has 0 amide bonds. The lowest BCUT2D eigenvalue weighted by molar-refractivity contribution is 0.261. The van der Waals surface area contributed by atoms with Crippen molar-refractivity contribution in [2.75, 3.05) is 0 Å². The van der Waals surface area contributed by atoms with Crippen molar-refractivity contribution in [2.24, 2.45) is 0 Å². The van der Waals surface area contributed by atoms with Gasteiger partial charge in [-0.25, -0.2) is 0 Å². The molecule has 114 valence electrons. The lowest BCUT2D eigenvalue weighted by Gasteiger charge is -2.46. The molecule has 0 bridgehead atoms. The van der Waals surface area contributed by atoms with E-state index in [1.165, 1.54) is 26.0 Å². The van der Waals surface area contributed by atoms with E-state index in [0.29, 0.717) is 0 Å². The fourth-order valence-electron chi connectivity index (χ4n) is 2.29.